The zero-order valence-electron chi connectivity index (χ0n) is 6.97. The van der Waals surface area contributed by atoms with Gasteiger partial charge in [0.25, 0.3) is 0 Å². The molecule has 0 saturated carbocycles. The molecule has 0 aliphatic rings. The van der Waals surface area contributed by atoms with Crippen LogP contribution in [0.1, 0.15) is 25.3 Å². The van der Waals surface area contributed by atoms with Gasteiger partial charge in [-0.3, -0.25) is 0 Å². The van der Waals surface area contributed by atoms with Crippen LogP contribution in [0.25, 0.3) is 0 Å². The first-order chi connectivity index (χ1) is 5.25. The zero-order valence-corrected chi connectivity index (χ0v) is 8.39. The summed E-state index contributed by atoms with van der Waals surface area (Å²) in [6, 6.07) is 7.81. The Hall–Kier alpha value is -0.633. The fourth-order valence-corrected chi connectivity index (χ4v) is 2.12. The van der Waals surface area contributed by atoms with Gasteiger partial charge < -0.3 is 4.11 Å². The van der Waals surface area contributed by atoms with Gasteiger partial charge in [-0.25, -0.2) is 0 Å². The molecule has 0 atom stereocenters. The molecule has 0 aromatic heterocycles. The molecule has 0 aliphatic carbocycles. The van der Waals surface area contributed by atoms with Crippen molar-refractivity contribution in [2.45, 2.75) is 19.8 Å². The van der Waals surface area contributed by atoms with Crippen molar-refractivity contribution in [2.75, 3.05) is 0 Å². The molecular formula is C9H13FSi. The summed E-state index contributed by atoms with van der Waals surface area (Å²) in [6.07, 6.45) is 0. The van der Waals surface area contributed by atoms with Crippen LogP contribution in [0.15, 0.2) is 24.3 Å². The van der Waals surface area contributed by atoms with Gasteiger partial charge in [0, 0.05) is 0 Å². The van der Waals surface area contributed by atoms with E-state index in [0.717, 1.165) is 5.19 Å². The molecule has 1 aromatic carbocycles. The van der Waals surface area contributed by atoms with Crippen molar-refractivity contribution < 1.29 is 4.11 Å². The summed E-state index contributed by atoms with van der Waals surface area (Å²) < 4.78 is 12.5. The minimum atomic E-state index is -1.48. The molecule has 0 saturated heterocycles. The van der Waals surface area contributed by atoms with E-state index in [1.165, 1.54) is 5.56 Å². The molecule has 11 heavy (non-hydrogen) atoms. The van der Waals surface area contributed by atoms with Gasteiger partial charge in [-0.2, -0.15) is 0 Å². The predicted octanol–water partition coefficient (Wildman–Crippen LogP) is 1.49. The third-order valence-electron chi connectivity index (χ3n) is 1.82. The highest BCUT2D eigenvalue weighted by atomic mass is 28.3. The zero-order chi connectivity index (χ0) is 8.27. The van der Waals surface area contributed by atoms with Crippen molar-refractivity contribution in [3.63, 3.8) is 0 Å². The Morgan fingerprint density at radius 1 is 1.27 bits per heavy atom. The van der Waals surface area contributed by atoms with Crippen LogP contribution in [-0.2, 0) is 0 Å². The Bertz CT molecular complexity index is 233. The number of rotatable bonds is 2. The Morgan fingerprint density at radius 2 is 1.91 bits per heavy atom. The molecule has 60 valence electrons. The third-order valence-corrected chi connectivity index (χ3v) is 2.75. The molecule has 0 aliphatic heterocycles. The monoisotopic (exact) mass is 168 g/mol. The average Bonchev–Trinajstić information content (AvgIpc) is 2.04. The molecule has 0 N–H and O–H groups in total. The number of hydrogen-bond donors (Lipinski definition) is 0. The summed E-state index contributed by atoms with van der Waals surface area (Å²) in [5, 5.41) is 0.961. The summed E-state index contributed by atoms with van der Waals surface area (Å²) in [5.41, 5.74) is 1.18. The van der Waals surface area contributed by atoms with Crippen LogP contribution < -0.4 is 5.19 Å². The van der Waals surface area contributed by atoms with Crippen molar-refractivity contribution in [3.8, 4) is 0 Å². The van der Waals surface area contributed by atoms with Crippen LogP contribution in [0.2, 0.25) is 0 Å². The smallest absolute Gasteiger partial charge is 0.247 e. The molecule has 0 amide bonds. The maximum atomic E-state index is 12.5. The Labute approximate surface area is 69.4 Å². The second-order valence-electron chi connectivity index (χ2n) is 2.99. The van der Waals surface area contributed by atoms with E-state index >= 15 is 0 Å². The second-order valence-corrected chi connectivity index (χ2v) is 4.02. The van der Waals surface area contributed by atoms with Crippen molar-refractivity contribution >= 4 is 15.0 Å². The lowest BCUT2D eigenvalue weighted by Gasteiger charge is -2.08. The topological polar surface area (TPSA) is 0 Å². The minimum absolute atomic E-state index is 0.453. The minimum Gasteiger partial charge on any atom is -0.317 e. The average molecular weight is 168 g/mol. The molecule has 2 heteroatoms. The summed E-state index contributed by atoms with van der Waals surface area (Å²) >= 11 is 0. The van der Waals surface area contributed by atoms with E-state index in [1.54, 1.807) is 0 Å². The Morgan fingerprint density at radius 3 is 2.36 bits per heavy atom. The standard InChI is InChI=1S/C9H13FSi/c1-7(2)8-5-3-4-6-9(8)11-10/h3-7H,11H2,1-2H3. The van der Waals surface area contributed by atoms with E-state index in [-0.39, 0.29) is 0 Å². The van der Waals surface area contributed by atoms with Crippen LogP contribution in [-0.4, -0.2) is 9.85 Å². The van der Waals surface area contributed by atoms with E-state index in [0.29, 0.717) is 5.92 Å². The maximum absolute atomic E-state index is 12.5. The molecule has 0 bridgehead atoms. The van der Waals surface area contributed by atoms with Gasteiger partial charge in [-0.15, -0.1) is 0 Å². The fraction of sp³-hybridized carbons (Fsp3) is 0.333. The van der Waals surface area contributed by atoms with E-state index in [4.69, 9.17) is 0 Å². The van der Waals surface area contributed by atoms with Gasteiger partial charge >= 0.3 is 0 Å². The highest BCUT2D eigenvalue weighted by Crippen LogP contribution is 2.10. The second kappa shape index (κ2) is 3.67. The molecule has 0 heterocycles. The Balaban J connectivity index is 3.02. The van der Waals surface area contributed by atoms with Crippen molar-refractivity contribution in [1.82, 2.24) is 0 Å². The first-order valence-corrected chi connectivity index (χ1v) is 5.13. The molecule has 0 fully saturated rings. The quantitative estimate of drug-likeness (QED) is 0.463. The van der Waals surface area contributed by atoms with Crippen molar-refractivity contribution in [3.05, 3.63) is 29.8 Å². The van der Waals surface area contributed by atoms with Crippen LogP contribution in [0.4, 0.5) is 4.11 Å². The fourth-order valence-electron chi connectivity index (χ4n) is 1.22. The summed E-state index contributed by atoms with van der Waals surface area (Å²) in [4.78, 5) is 0. The van der Waals surface area contributed by atoms with Crippen LogP contribution >= 0.6 is 0 Å². The van der Waals surface area contributed by atoms with Crippen molar-refractivity contribution in [1.29, 1.82) is 0 Å². The van der Waals surface area contributed by atoms with Gasteiger partial charge in [-0.1, -0.05) is 38.1 Å². The van der Waals surface area contributed by atoms with Gasteiger partial charge in [0.1, 0.15) is 0 Å². The highest BCUT2D eigenvalue weighted by molar-refractivity contribution is 6.46. The molecule has 1 rings (SSSR count). The number of hydrogen-bond acceptors (Lipinski definition) is 0. The van der Waals surface area contributed by atoms with Crippen LogP contribution in [0, 0.1) is 0 Å². The third kappa shape index (κ3) is 1.90. The van der Waals surface area contributed by atoms with Crippen LogP contribution in [0.3, 0.4) is 0 Å². The lowest BCUT2D eigenvalue weighted by atomic mass is 10.0. The molecular weight excluding hydrogens is 155 g/mol. The summed E-state index contributed by atoms with van der Waals surface area (Å²) in [5.74, 6) is 0.453. The SMILES string of the molecule is CC(C)c1ccccc1[SiH2]F. The molecule has 0 spiro atoms. The normalized spacial score (nSPS) is 11.6. The van der Waals surface area contributed by atoms with Gasteiger partial charge in [0.2, 0.25) is 9.85 Å². The predicted molar refractivity (Wildman–Crippen MR) is 49.8 cm³/mol. The number of halogens is 1. The van der Waals surface area contributed by atoms with E-state index in [9.17, 15) is 4.11 Å². The number of benzene rings is 1. The maximum Gasteiger partial charge on any atom is 0.247 e. The Kier molecular flexibility index (Phi) is 2.82. The van der Waals surface area contributed by atoms with E-state index in [1.807, 2.05) is 24.3 Å². The van der Waals surface area contributed by atoms with Crippen molar-refractivity contribution in [2.24, 2.45) is 0 Å². The lowest BCUT2D eigenvalue weighted by Crippen LogP contribution is -2.16. The summed E-state index contributed by atoms with van der Waals surface area (Å²) in [7, 11) is -1.48. The lowest BCUT2D eigenvalue weighted by molar-refractivity contribution is 0.857. The largest absolute Gasteiger partial charge is 0.317 e. The van der Waals surface area contributed by atoms with Crippen LogP contribution in [0.5, 0.6) is 0 Å². The first kappa shape index (κ1) is 8.46. The van der Waals surface area contributed by atoms with Gasteiger partial charge in [-0.05, 0) is 16.7 Å². The van der Waals surface area contributed by atoms with E-state index < -0.39 is 9.85 Å². The molecule has 0 unspecified atom stereocenters. The molecule has 1 aromatic rings. The summed E-state index contributed by atoms with van der Waals surface area (Å²) in [6.45, 7) is 4.20. The highest BCUT2D eigenvalue weighted by Gasteiger charge is 2.04. The van der Waals surface area contributed by atoms with Gasteiger partial charge in [0.05, 0.1) is 0 Å². The first-order valence-electron chi connectivity index (χ1n) is 3.89. The molecule has 0 radical (unpaired) electrons. The van der Waals surface area contributed by atoms with Gasteiger partial charge in [0.15, 0.2) is 0 Å². The van der Waals surface area contributed by atoms with E-state index in [2.05, 4.69) is 13.8 Å². The molecule has 0 nitrogen and oxygen atoms in total.